The van der Waals surface area contributed by atoms with E-state index in [4.69, 9.17) is 0 Å². The molecule has 3 fully saturated rings. The number of nitrogens with one attached hydrogen (secondary N) is 4. The van der Waals surface area contributed by atoms with E-state index in [1.807, 2.05) is 20.8 Å². The van der Waals surface area contributed by atoms with Crippen molar-refractivity contribution in [2.45, 2.75) is 97.3 Å². The van der Waals surface area contributed by atoms with Crippen molar-refractivity contribution in [2.75, 3.05) is 13.1 Å². The van der Waals surface area contributed by atoms with Crippen molar-refractivity contribution in [3.05, 3.63) is 12.7 Å². The second-order valence-corrected chi connectivity index (χ2v) is 11.9. The van der Waals surface area contributed by atoms with Crippen molar-refractivity contribution in [1.29, 1.82) is 0 Å². The summed E-state index contributed by atoms with van der Waals surface area (Å²) in [7, 11) is 0. The van der Waals surface area contributed by atoms with Gasteiger partial charge in [0, 0.05) is 19.1 Å². The molecule has 5 amide bonds. The Morgan fingerprint density at radius 3 is 2.29 bits per heavy atom. The zero-order valence-corrected chi connectivity index (χ0v) is 23.5. The molecule has 0 radical (unpaired) electrons. The van der Waals surface area contributed by atoms with Gasteiger partial charge in [-0.2, -0.15) is 0 Å². The number of ketones is 1. The van der Waals surface area contributed by atoms with Crippen LogP contribution in [0.4, 0.5) is 4.79 Å². The molecule has 10 heteroatoms. The molecule has 0 aromatic carbocycles. The van der Waals surface area contributed by atoms with Crippen LogP contribution in [0.25, 0.3) is 0 Å². The van der Waals surface area contributed by atoms with Crippen molar-refractivity contribution in [2.24, 2.45) is 23.2 Å². The molecule has 10 nitrogen and oxygen atoms in total. The predicted molar refractivity (Wildman–Crippen MR) is 144 cm³/mol. The lowest BCUT2D eigenvalue weighted by Gasteiger charge is -2.35. The first-order valence-electron chi connectivity index (χ1n) is 14.0. The van der Waals surface area contributed by atoms with Gasteiger partial charge in [-0.15, -0.1) is 6.58 Å². The highest BCUT2D eigenvalue weighted by atomic mass is 16.2. The summed E-state index contributed by atoms with van der Waals surface area (Å²) in [6.07, 6.45) is 6.06. The van der Waals surface area contributed by atoms with E-state index in [0.29, 0.717) is 19.4 Å². The van der Waals surface area contributed by atoms with Gasteiger partial charge >= 0.3 is 6.03 Å². The molecule has 1 unspecified atom stereocenters. The summed E-state index contributed by atoms with van der Waals surface area (Å²) >= 11 is 0. The van der Waals surface area contributed by atoms with Gasteiger partial charge in [0.1, 0.15) is 12.1 Å². The van der Waals surface area contributed by atoms with Crippen molar-refractivity contribution in [1.82, 2.24) is 26.2 Å². The third kappa shape index (κ3) is 6.38. The van der Waals surface area contributed by atoms with Crippen molar-refractivity contribution >= 4 is 29.5 Å². The van der Waals surface area contributed by atoms with Gasteiger partial charge in [0.25, 0.3) is 5.91 Å². The third-order valence-electron chi connectivity index (χ3n) is 8.44. The second-order valence-electron chi connectivity index (χ2n) is 11.9. The van der Waals surface area contributed by atoms with Gasteiger partial charge in [-0.25, -0.2) is 4.79 Å². The molecule has 5 atom stereocenters. The van der Waals surface area contributed by atoms with Crippen molar-refractivity contribution in [3.8, 4) is 0 Å². The molecule has 1 heterocycles. The van der Waals surface area contributed by atoms with Crippen LogP contribution in [-0.2, 0) is 19.2 Å². The van der Waals surface area contributed by atoms with E-state index >= 15 is 0 Å². The highest BCUT2D eigenvalue weighted by Gasteiger charge is 2.69. The van der Waals surface area contributed by atoms with Gasteiger partial charge in [-0.3, -0.25) is 19.2 Å². The topological polar surface area (TPSA) is 137 Å². The average Bonchev–Trinajstić information content (AvgIpc) is 3.31. The molecule has 2 aliphatic carbocycles. The fourth-order valence-corrected chi connectivity index (χ4v) is 6.33. The predicted octanol–water partition coefficient (Wildman–Crippen LogP) is 1.89. The SMILES string of the molecule is C=CCNC(=O)C(=O)C(CCC)NC(=O)[C@@H]1[C@@H]2[C@H](CN1C(=O)[C@@H](NC(=O)NC(C)C)C1CCCC1)C2(C)C. The fraction of sp³-hybridized carbons (Fsp3) is 0.750. The molecule has 0 bridgehead atoms. The molecule has 0 aromatic rings. The van der Waals surface area contributed by atoms with Crippen LogP contribution < -0.4 is 21.3 Å². The maximum absolute atomic E-state index is 14.0. The van der Waals surface area contributed by atoms with Crippen LogP contribution in [0.2, 0.25) is 0 Å². The lowest BCUT2D eigenvalue weighted by molar-refractivity contribution is -0.144. The van der Waals surface area contributed by atoms with Gasteiger partial charge in [0.15, 0.2) is 0 Å². The van der Waals surface area contributed by atoms with Gasteiger partial charge in [-0.1, -0.05) is 46.1 Å². The summed E-state index contributed by atoms with van der Waals surface area (Å²) in [5.74, 6) is -2.02. The maximum Gasteiger partial charge on any atom is 0.315 e. The zero-order chi connectivity index (χ0) is 28.2. The number of fused-ring (bicyclic) bond motifs is 1. The summed E-state index contributed by atoms with van der Waals surface area (Å²) in [5, 5.41) is 11.0. The van der Waals surface area contributed by atoms with Crippen LogP contribution >= 0.6 is 0 Å². The van der Waals surface area contributed by atoms with Crippen molar-refractivity contribution in [3.63, 3.8) is 0 Å². The molecular formula is C28H45N5O5. The summed E-state index contributed by atoms with van der Waals surface area (Å²) < 4.78 is 0. The molecule has 38 heavy (non-hydrogen) atoms. The number of hydrogen-bond acceptors (Lipinski definition) is 5. The average molecular weight is 532 g/mol. The minimum absolute atomic E-state index is 0.0111. The van der Waals surface area contributed by atoms with E-state index in [1.54, 1.807) is 4.90 Å². The number of carbonyl (C=O) groups is 5. The third-order valence-corrected chi connectivity index (χ3v) is 8.44. The van der Waals surface area contributed by atoms with E-state index in [-0.39, 0.29) is 41.7 Å². The number of rotatable bonds is 12. The first-order chi connectivity index (χ1) is 17.9. The molecular weight excluding hydrogens is 486 g/mol. The van der Waals surface area contributed by atoms with E-state index in [2.05, 4.69) is 41.7 Å². The lowest BCUT2D eigenvalue weighted by atomic mass is 9.94. The minimum Gasteiger partial charge on any atom is -0.346 e. The monoisotopic (exact) mass is 531 g/mol. The Morgan fingerprint density at radius 2 is 1.71 bits per heavy atom. The summed E-state index contributed by atoms with van der Waals surface area (Å²) in [4.78, 5) is 67.1. The van der Waals surface area contributed by atoms with Crippen LogP contribution in [0, 0.1) is 23.2 Å². The van der Waals surface area contributed by atoms with E-state index < -0.39 is 41.8 Å². The van der Waals surface area contributed by atoms with Gasteiger partial charge < -0.3 is 26.2 Å². The highest BCUT2D eigenvalue weighted by Crippen LogP contribution is 2.65. The van der Waals surface area contributed by atoms with E-state index in [0.717, 1.165) is 25.7 Å². The normalized spacial score (nSPS) is 25.2. The smallest absolute Gasteiger partial charge is 0.315 e. The number of Topliss-reactive ketones (excluding diaryl/α,β-unsaturated/α-hetero) is 1. The molecule has 2 saturated carbocycles. The number of likely N-dealkylation sites (tertiary alicyclic amines) is 1. The molecule has 3 rings (SSSR count). The Hall–Kier alpha value is -2.91. The van der Waals surface area contributed by atoms with Crippen LogP contribution in [0.3, 0.4) is 0 Å². The van der Waals surface area contributed by atoms with Gasteiger partial charge in [0.2, 0.25) is 17.6 Å². The number of piperidine rings is 1. The quantitative estimate of drug-likeness (QED) is 0.225. The molecule has 212 valence electrons. The standard InChI is InChI=1S/C28H45N5O5/c1-7-11-19(23(34)25(36)29-14-8-2)31-24(35)22-20-18(28(20,5)6)15-33(22)26(37)21(17-12-9-10-13-17)32-27(38)30-16(3)4/h8,16-22H,2,7,9-15H2,1,3-6H3,(H,29,36)(H,31,35)(H2,30,32,38)/t18-,19?,20-,21-,22-/m0/s1. The minimum atomic E-state index is -0.976. The summed E-state index contributed by atoms with van der Waals surface area (Å²) in [6, 6.07) is -2.93. The number of nitrogens with zero attached hydrogens (tertiary/aromatic N) is 1. The largest absolute Gasteiger partial charge is 0.346 e. The van der Waals surface area contributed by atoms with Gasteiger partial charge in [-0.05, 0) is 56.3 Å². The Labute approximate surface area is 226 Å². The molecule has 3 aliphatic rings. The maximum atomic E-state index is 14.0. The molecule has 1 aliphatic heterocycles. The van der Waals surface area contributed by atoms with E-state index in [9.17, 15) is 24.0 Å². The van der Waals surface area contributed by atoms with E-state index in [1.165, 1.54) is 6.08 Å². The summed E-state index contributed by atoms with van der Waals surface area (Å²) in [5.41, 5.74) is -0.115. The Kier molecular flexibility index (Phi) is 9.59. The highest BCUT2D eigenvalue weighted by molar-refractivity contribution is 6.38. The number of amides is 5. The van der Waals surface area contributed by atoms with Crippen LogP contribution in [0.15, 0.2) is 12.7 Å². The zero-order valence-electron chi connectivity index (χ0n) is 23.5. The molecule has 1 saturated heterocycles. The number of hydrogen-bond donors (Lipinski definition) is 4. The van der Waals surface area contributed by atoms with Gasteiger partial charge in [0.05, 0.1) is 6.04 Å². The number of urea groups is 1. The lowest BCUT2D eigenvalue weighted by Crippen LogP contribution is -2.60. The second kappa shape index (κ2) is 12.3. The Bertz CT molecular complexity index is 942. The first kappa shape index (κ1) is 29.6. The fourth-order valence-electron chi connectivity index (χ4n) is 6.33. The van der Waals surface area contributed by atoms with Crippen molar-refractivity contribution < 1.29 is 24.0 Å². The first-order valence-corrected chi connectivity index (χ1v) is 14.0. The summed E-state index contributed by atoms with van der Waals surface area (Å²) in [6.45, 7) is 13.9. The molecule has 4 N–H and O–H groups in total. The van der Waals surface area contributed by atoms with Crippen LogP contribution in [0.1, 0.15) is 73.1 Å². The number of carbonyl (C=O) groups excluding carboxylic acids is 5. The van der Waals surface area contributed by atoms with Crippen LogP contribution in [0.5, 0.6) is 0 Å². The Morgan fingerprint density at radius 1 is 1.05 bits per heavy atom. The molecule has 0 aromatic heterocycles. The Balaban J connectivity index is 1.81. The molecule has 0 spiro atoms. The van der Waals surface area contributed by atoms with Crippen LogP contribution in [-0.4, -0.2) is 71.7 Å².